The molecule has 270 valence electrons. The quantitative estimate of drug-likeness (QED) is 0.145. The van der Waals surface area contributed by atoms with Crippen LogP contribution in [-0.2, 0) is 34.1 Å². The van der Waals surface area contributed by atoms with E-state index in [1.807, 2.05) is 77.1 Å². The molecule has 4 amide bonds. The summed E-state index contributed by atoms with van der Waals surface area (Å²) in [5, 5.41) is 0. The van der Waals surface area contributed by atoms with Gasteiger partial charge in [0, 0.05) is 11.8 Å². The van der Waals surface area contributed by atoms with Crippen molar-refractivity contribution in [2.24, 2.45) is 29.6 Å². The number of carbonyl (C=O) groups is 4. The molecular formula is C43H52N2O6. The molecule has 0 saturated carbocycles. The Bertz CT molecular complexity index is 1810. The lowest BCUT2D eigenvalue weighted by atomic mass is 9.74. The van der Waals surface area contributed by atoms with Crippen LogP contribution in [-0.4, -0.2) is 49.6 Å². The van der Waals surface area contributed by atoms with Gasteiger partial charge in [0.25, 0.3) is 0 Å². The Morgan fingerprint density at radius 1 is 0.784 bits per heavy atom. The van der Waals surface area contributed by atoms with E-state index in [1.54, 1.807) is 0 Å². The number of imide groups is 2. The molecule has 0 N–H and O–H groups in total. The zero-order valence-corrected chi connectivity index (χ0v) is 31.3. The van der Waals surface area contributed by atoms with Crippen molar-refractivity contribution in [1.82, 2.24) is 0 Å². The SMILES string of the molecule is Cc1ccc(N2C(=O)C(C)C(C(COCC3CO3)CC(CC3C(=O)N(c4ccccc4C)C(=O)C3C)c3ccc(C(C)(C)C)cc3)C2=O)c(C)c1. The van der Waals surface area contributed by atoms with Crippen molar-refractivity contribution in [3.63, 3.8) is 0 Å². The van der Waals surface area contributed by atoms with Gasteiger partial charge in [-0.25, -0.2) is 9.80 Å². The third-order valence-corrected chi connectivity index (χ3v) is 11.3. The highest BCUT2D eigenvalue weighted by Crippen LogP contribution is 2.44. The number of benzene rings is 3. The molecule has 0 spiro atoms. The van der Waals surface area contributed by atoms with E-state index < -0.39 is 23.7 Å². The van der Waals surface area contributed by atoms with Gasteiger partial charge in [-0.2, -0.15) is 0 Å². The molecule has 51 heavy (non-hydrogen) atoms. The second-order valence-corrected chi connectivity index (χ2v) is 16.1. The molecule has 3 aromatic rings. The summed E-state index contributed by atoms with van der Waals surface area (Å²) in [6.07, 6.45) is 0.978. The average Bonchev–Trinajstić information content (AvgIpc) is 3.85. The number of rotatable bonds is 12. The molecule has 6 rings (SSSR count). The molecule has 3 fully saturated rings. The number of amides is 4. The summed E-state index contributed by atoms with van der Waals surface area (Å²) in [6, 6.07) is 21.8. The number of hydrogen-bond donors (Lipinski definition) is 0. The fourth-order valence-corrected chi connectivity index (χ4v) is 8.08. The molecule has 3 aliphatic rings. The van der Waals surface area contributed by atoms with Gasteiger partial charge in [0.2, 0.25) is 23.6 Å². The molecule has 7 atom stereocenters. The highest BCUT2D eigenvalue weighted by Gasteiger charge is 2.51. The molecule has 8 nitrogen and oxygen atoms in total. The minimum atomic E-state index is -0.614. The van der Waals surface area contributed by atoms with E-state index in [-0.39, 0.29) is 53.6 Å². The maximum Gasteiger partial charge on any atom is 0.238 e. The Morgan fingerprint density at radius 3 is 2.04 bits per heavy atom. The van der Waals surface area contributed by atoms with Gasteiger partial charge in [0.1, 0.15) is 6.10 Å². The molecule has 7 unspecified atom stereocenters. The largest absolute Gasteiger partial charge is 0.378 e. The van der Waals surface area contributed by atoms with Crippen molar-refractivity contribution >= 4 is 35.0 Å². The Balaban J connectivity index is 1.35. The summed E-state index contributed by atoms with van der Waals surface area (Å²) < 4.78 is 11.6. The molecular weight excluding hydrogens is 640 g/mol. The first kappa shape index (κ1) is 36.6. The first-order chi connectivity index (χ1) is 24.2. The van der Waals surface area contributed by atoms with Crippen molar-refractivity contribution in [2.45, 2.75) is 85.7 Å². The van der Waals surface area contributed by atoms with Gasteiger partial charge in [-0.3, -0.25) is 19.2 Å². The van der Waals surface area contributed by atoms with Crippen LogP contribution in [0.4, 0.5) is 11.4 Å². The van der Waals surface area contributed by atoms with Gasteiger partial charge in [0.05, 0.1) is 43.0 Å². The number of aryl methyl sites for hydroxylation is 3. The summed E-state index contributed by atoms with van der Waals surface area (Å²) in [7, 11) is 0. The monoisotopic (exact) mass is 692 g/mol. The van der Waals surface area contributed by atoms with E-state index in [9.17, 15) is 19.2 Å². The second-order valence-electron chi connectivity index (χ2n) is 16.1. The van der Waals surface area contributed by atoms with Crippen LogP contribution in [0.15, 0.2) is 66.7 Å². The standard InChI is InChI=1S/C43H52N2O6/c1-25-13-18-37(27(3)19-25)45-40(47)29(5)38(42(45)49)32(22-50-23-34-24-51-34)20-31(30-14-16-33(17-15-30)43(6,7)8)21-35-28(4)39(46)44(41(35)48)36-12-10-9-11-26(36)2/h9-19,28-29,31-32,34-35,38H,20-24H2,1-8H3. The summed E-state index contributed by atoms with van der Waals surface area (Å²) in [5.41, 5.74) is 6.22. The first-order valence-corrected chi connectivity index (χ1v) is 18.4. The van der Waals surface area contributed by atoms with Crippen molar-refractivity contribution in [1.29, 1.82) is 0 Å². The number of nitrogens with zero attached hydrogens (tertiary/aromatic N) is 2. The number of para-hydroxylation sites is 1. The minimum Gasteiger partial charge on any atom is -0.378 e. The summed E-state index contributed by atoms with van der Waals surface area (Å²) in [6.45, 7) is 17.4. The van der Waals surface area contributed by atoms with Crippen LogP contribution in [0.25, 0.3) is 0 Å². The number of carbonyl (C=O) groups excluding carboxylic acids is 4. The topological polar surface area (TPSA) is 96.5 Å². The van der Waals surface area contributed by atoms with E-state index in [1.165, 1.54) is 15.4 Å². The Labute approximate surface area is 302 Å². The van der Waals surface area contributed by atoms with Gasteiger partial charge >= 0.3 is 0 Å². The van der Waals surface area contributed by atoms with Crippen LogP contribution in [0.3, 0.4) is 0 Å². The van der Waals surface area contributed by atoms with Crippen LogP contribution in [0, 0.1) is 50.4 Å². The van der Waals surface area contributed by atoms with Gasteiger partial charge in [-0.1, -0.05) is 94.8 Å². The molecule has 0 radical (unpaired) electrons. The fraction of sp³-hybridized carbons (Fsp3) is 0.488. The summed E-state index contributed by atoms with van der Waals surface area (Å²) in [5.74, 6) is -3.56. The van der Waals surface area contributed by atoms with E-state index in [0.29, 0.717) is 37.4 Å². The van der Waals surface area contributed by atoms with Gasteiger partial charge in [-0.05, 0) is 85.3 Å². The predicted octanol–water partition coefficient (Wildman–Crippen LogP) is 7.46. The smallest absolute Gasteiger partial charge is 0.238 e. The van der Waals surface area contributed by atoms with Crippen LogP contribution >= 0.6 is 0 Å². The number of ether oxygens (including phenoxy) is 2. The van der Waals surface area contributed by atoms with Gasteiger partial charge in [0.15, 0.2) is 0 Å². The third-order valence-electron chi connectivity index (χ3n) is 11.3. The van der Waals surface area contributed by atoms with E-state index >= 15 is 0 Å². The Morgan fingerprint density at radius 2 is 1.41 bits per heavy atom. The lowest BCUT2D eigenvalue weighted by Crippen LogP contribution is -2.35. The van der Waals surface area contributed by atoms with Gasteiger partial charge < -0.3 is 9.47 Å². The van der Waals surface area contributed by atoms with Crippen molar-refractivity contribution < 1.29 is 28.7 Å². The summed E-state index contributed by atoms with van der Waals surface area (Å²) in [4.78, 5) is 59.0. The van der Waals surface area contributed by atoms with Crippen molar-refractivity contribution in [3.05, 3.63) is 94.5 Å². The van der Waals surface area contributed by atoms with E-state index in [2.05, 4.69) is 45.0 Å². The Hall–Kier alpha value is -4.14. The summed E-state index contributed by atoms with van der Waals surface area (Å²) >= 11 is 0. The highest BCUT2D eigenvalue weighted by atomic mass is 16.6. The fourth-order valence-electron chi connectivity index (χ4n) is 8.08. The zero-order chi connectivity index (χ0) is 36.8. The normalized spacial score (nSPS) is 24.8. The molecule has 0 bridgehead atoms. The predicted molar refractivity (Wildman–Crippen MR) is 199 cm³/mol. The zero-order valence-electron chi connectivity index (χ0n) is 31.3. The molecule has 3 saturated heterocycles. The van der Waals surface area contributed by atoms with Crippen molar-refractivity contribution in [2.75, 3.05) is 29.6 Å². The van der Waals surface area contributed by atoms with Crippen LogP contribution in [0.2, 0.25) is 0 Å². The second kappa shape index (κ2) is 14.5. The van der Waals surface area contributed by atoms with Crippen LogP contribution in [0.5, 0.6) is 0 Å². The number of anilines is 2. The highest BCUT2D eigenvalue weighted by molar-refractivity contribution is 6.23. The molecule has 8 heteroatoms. The van der Waals surface area contributed by atoms with Crippen LogP contribution in [0.1, 0.15) is 81.2 Å². The van der Waals surface area contributed by atoms with Crippen molar-refractivity contribution in [3.8, 4) is 0 Å². The molecule has 0 aliphatic carbocycles. The maximum absolute atomic E-state index is 14.4. The molecule has 3 aliphatic heterocycles. The number of epoxide rings is 1. The third kappa shape index (κ3) is 7.44. The van der Waals surface area contributed by atoms with E-state index in [0.717, 1.165) is 22.3 Å². The average molecular weight is 693 g/mol. The maximum atomic E-state index is 14.4. The van der Waals surface area contributed by atoms with E-state index in [4.69, 9.17) is 9.47 Å². The Kier molecular flexibility index (Phi) is 10.4. The number of hydrogen-bond acceptors (Lipinski definition) is 6. The minimum absolute atomic E-state index is 0.0463. The van der Waals surface area contributed by atoms with Gasteiger partial charge in [-0.15, -0.1) is 0 Å². The molecule has 3 aromatic carbocycles. The lowest BCUT2D eigenvalue weighted by molar-refractivity contribution is -0.125. The lowest BCUT2D eigenvalue weighted by Gasteiger charge is -2.31. The molecule has 0 aromatic heterocycles. The van der Waals surface area contributed by atoms with Crippen LogP contribution < -0.4 is 9.80 Å². The first-order valence-electron chi connectivity index (χ1n) is 18.4. The molecule has 3 heterocycles.